The van der Waals surface area contributed by atoms with Crippen LogP contribution in [-0.2, 0) is 26.1 Å². The van der Waals surface area contributed by atoms with Crippen molar-refractivity contribution < 1.29 is 16.8 Å². The number of hydrogen-bond donors (Lipinski definition) is 1. The molecule has 2 atom stereocenters. The van der Waals surface area contributed by atoms with Crippen molar-refractivity contribution in [2.75, 3.05) is 18.1 Å². The summed E-state index contributed by atoms with van der Waals surface area (Å²) in [4.78, 5) is 0.159. The third-order valence-corrected chi connectivity index (χ3v) is 8.92. The van der Waals surface area contributed by atoms with E-state index in [2.05, 4.69) is 5.32 Å². The molecule has 3 rings (SSSR count). The molecule has 0 aliphatic carbocycles. The number of rotatable bonds is 6. The Bertz CT molecular complexity index is 958. The predicted octanol–water partition coefficient (Wildman–Crippen LogP) is 2.11. The maximum absolute atomic E-state index is 12.9. The molecule has 26 heavy (non-hydrogen) atoms. The van der Waals surface area contributed by atoms with Crippen LogP contribution in [-0.4, -0.2) is 46.2 Å². The molecule has 2 aromatic rings. The van der Waals surface area contributed by atoms with Crippen LogP contribution in [0.25, 0.3) is 0 Å². The molecule has 0 aromatic heterocycles. The van der Waals surface area contributed by atoms with E-state index >= 15 is 0 Å². The van der Waals surface area contributed by atoms with Gasteiger partial charge in [-0.25, -0.2) is 16.8 Å². The summed E-state index contributed by atoms with van der Waals surface area (Å²) in [7, 11) is -7.11. The highest BCUT2D eigenvalue weighted by molar-refractivity contribution is 7.96. The maximum atomic E-state index is 12.9. The Balaban J connectivity index is 1.73. The van der Waals surface area contributed by atoms with Gasteiger partial charge in [0.05, 0.1) is 21.7 Å². The Labute approximate surface area is 159 Å². The molecular formula is C18H20ClNO4S2. The van der Waals surface area contributed by atoms with Crippen molar-refractivity contribution in [2.24, 2.45) is 0 Å². The molecule has 1 aliphatic rings. The van der Waals surface area contributed by atoms with Crippen molar-refractivity contribution in [3.05, 3.63) is 65.2 Å². The van der Waals surface area contributed by atoms with Crippen molar-refractivity contribution >= 4 is 31.3 Å². The van der Waals surface area contributed by atoms with Gasteiger partial charge in [-0.2, -0.15) is 0 Å². The van der Waals surface area contributed by atoms with Gasteiger partial charge in [-0.05, 0) is 42.8 Å². The minimum atomic E-state index is -3.72. The normalized spacial score (nSPS) is 22.3. The van der Waals surface area contributed by atoms with Crippen LogP contribution in [0.1, 0.15) is 5.56 Å². The van der Waals surface area contributed by atoms with Gasteiger partial charge in [-0.1, -0.05) is 41.9 Å². The van der Waals surface area contributed by atoms with Crippen LogP contribution < -0.4 is 5.32 Å². The van der Waals surface area contributed by atoms with Gasteiger partial charge >= 0.3 is 0 Å². The molecule has 1 fully saturated rings. The molecule has 1 saturated heterocycles. The number of hydrogen-bond acceptors (Lipinski definition) is 5. The molecule has 0 bridgehead atoms. The largest absolute Gasteiger partial charge is 0.311 e. The number of benzene rings is 2. The van der Waals surface area contributed by atoms with E-state index in [1.165, 1.54) is 12.1 Å². The van der Waals surface area contributed by atoms with Gasteiger partial charge in [-0.15, -0.1) is 0 Å². The molecule has 140 valence electrons. The third-order valence-electron chi connectivity index (χ3n) is 4.50. The fourth-order valence-corrected chi connectivity index (χ4v) is 8.01. The van der Waals surface area contributed by atoms with E-state index in [1.54, 1.807) is 30.3 Å². The van der Waals surface area contributed by atoms with Crippen LogP contribution in [0.5, 0.6) is 0 Å². The highest BCUT2D eigenvalue weighted by atomic mass is 35.5. The van der Waals surface area contributed by atoms with E-state index in [-0.39, 0.29) is 16.4 Å². The van der Waals surface area contributed by atoms with E-state index in [9.17, 15) is 16.8 Å². The number of halogens is 1. The maximum Gasteiger partial charge on any atom is 0.183 e. The van der Waals surface area contributed by atoms with Gasteiger partial charge in [-0.3, -0.25) is 0 Å². The summed E-state index contributed by atoms with van der Waals surface area (Å²) in [5, 5.41) is 2.81. The molecular weight excluding hydrogens is 394 g/mol. The molecule has 0 amide bonds. The topological polar surface area (TPSA) is 80.3 Å². The molecule has 1 N–H and O–H groups in total. The smallest absolute Gasteiger partial charge is 0.183 e. The van der Waals surface area contributed by atoms with Crippen molar-refractivity contribution in [3.8, 4) is 0 Å². The lowest BCUT2D eigenvalue weighted by Gasteiger charge is -2.20. The van der Waals surface area contributed by atoms with Gasteiger partial charge in [0.25, 0.3) is 0 Å². The standard InChI is InChI=1S/C18H20ClNO4S2/c19-15-8-6-14(7-9-15)10-11-20-17-12-25(21,22)13-18(17)26(23,24)16-4-2-1-3-5-16/h1-9,17-18,20H,10-13H2/t17-,18-/m0/s1. The minimum Gasteiger partial charge on any atom is -0.311 e. The van der Waals surface area contributed by atoms with Crippen LogP contribution in [0.4, 0.5) is 0 Å². The minimum absolute atomic E-state index is 0.159. The quantitative estimate of drug-likeness (QED) is 0.784. The second-order valence-electron chi connectivity index (χ2n) is 6.41. The Hall–Kier alpha value is -1.41. The van der Waals surface area contributed by atoms with E-state index in [0.29, 0.717) is 18.0 Å². The number of sulfone groups is 2. The predicted molar refractivity (Wildman–Crippen MR) is 103 cm³/mol. The molecule has 5 nitrogen and oxygen atoms in total. The summed E-state index contributed by atoms with van der Waals surface area (Å²) in [6.07, 6.45) is 0.659. The zero-order valence-electron chi connectivity index (χ0n) is 14.0. The first-order chi connectivity index (χ1) is 12.3. The average molecular weight is 414 g/mol. The zero-order chi connectivity index (χ0) is 18.8. The summed E-state index contributed by atoms with van der Waals surface area (Å²) >= 11 is 5.86. The molecule has 2 aromatic carbocycles. The monoisotopic (exact) mass is 413 g/mol. The Morgan fingerprint density at radius 3 is 2.31 bits per heavy atom. The number of nitrogens with one attached hydrogen (secondary N) is 1. The van der Waals surface area contributed by atoms with E-state index in [0.717, 1.165) is 5.56 Å². The molecule has 0 unspecified atom stereocenters. The van der Waals surface area contributed by atoms with Gasteiger partial charge in [0.1, 0.15) is 0 Å². The van der Waals surface area contributed by atoms with Crippen LogP contribution in [0.15, 0.2) is 59.5 Å². The fraction of sp³-hybridized carbons (Fsp3) is 0.333. The van der Waals surface area contributed by atoms with E-state index < -0.39 is 31.0 Å². The van der Waals surface area contributed by atoms with E-state index in [4.69, 9.17) is 11.6 Å². The second-order valence-corrected chi connectivity index (χ2v) is 11.2. The lowest BCUT2D eigenvalue weighted by atomic mass is 10.1. The van der Waals surface area contributed by atoms with Crippen molar-refractivity contribution in [3.63, 3.8) is 0 Å². The average Bonchev–Trinajstić information content (AvgIpc) is 2.93. The first-order valence-electron chi connectivity index (χ1n) is 8.25. The molecule has 0 radical (unpaired) electrons. The van der Waals surface area contributed by atoms with Crippen molar-refractivity contribution in [1.29, 1.82) is 0 Å². The lowest BCUT2D eigenvalue weighted by molar-refractivity contribution is 0.528. The zero-order valence-corrected chi connectivity index (χ0v) is 16.4. The van der Waals surface area contributed by atoms with Gasteiger partial charge in [0.15, 0.2) is 19.7 Å². The Morgan fingerprint density at radius 1 is 1.00 bits per heavy atom. The third kappa shape index (κ3) is 4.46. The van der Waals surface area contributed by atoms with Gasteiger partial charge < -0.3 is 5.32 Å². The van der Waals surface area contributed by atoms with Crippen LogP contribution in [0, 0.1) is 0 Å². The summed E-state index contributed by atoms with van der Waals surface area (Å²) < 4.78 is 49.9. The summed E-state index contributed by atoms with van der Waals surface area (Å²) in [5.74, 6) is -0.507. The molecule has 8 heteroatoms. The Kier molecular flexibility index (Phi) is 5.72. The SMILES string of the molecule is O=S1(=O)C[C@H](NCCc2ccc(Cl)cc2)[C@@H](S(=O)(=O)c2ccccc2)C1. The van der Waals surface area contributed by atoms with Crippen LogP contribution in [0.3, 0.4) is 0 Å². The van der Waals surface area contributed by atoms with Crippen molar-refractivity contribution in [1.82, 2.24) is 5.32 Å². The highest BCUT2D eigenvalue weighted by Gasteiger charge is 2.45. The van der Waals surface area contributed by atoms with Gasteiger partial charge in [0.2, 0.25) is 0 Å². The molecule has 1 aliphatic heterocycles. The van der Waals surface area contributed by atoms with Gasteiger partial charge in [0, 0.05) is 11.1 Å². The van der Waals surface area contributed by atoms with Crippen LogP contribution in [0.2, 0.25) is 5.02 Å². The lowest BCUT2D eigenvalue weighted by Crippen LogP contribution is -2.44. The highest BCUT2D eigenvalue weighted by Crippen LogP contribution is 2.26. The molecule has 0 saturated carbocycles. The second kappa shape index (κ2) is 7.68. The first kappa shape index (κ1) is 19.4. The van der Waals surface area contributed by atoms with Crippen molar-refractivity contribution in [2.45, 2.75) is 22.6 Å². The molecule has 1 heterocycles. The summed E-state index contributed by atoms with van der Waals surface area (Å²) in [6.45, 7) is 0.489. The fourth-order valence-electron chi connectivity index (χ4n) is 3.15. The molecule has 0 spiro atoms. The summed E-state index contributed by atoms with van der Waals surface area (Å²) in [5.41, 5.74) is 1.05. The Morgan fingerprint density at radius 2 is 1.65 bits per heavy atom. The van der Waals surface area contributed by atoms with E-state index in [1.807, 2.05) is 12.1 Å². The van der Waals surface area contributed by atoms with Crippen LogP contribution >= 0.6 is 11.6 Å². The summed E-state index contributed by atoms with van der Waals surface area (Å²) in [6, 6.07) is 14.8. The first-order valence-corrected chi connectivity index (χ1v) is 12.0.